The standard InChI is InChI=1S/C16H26N2O2/c1-13(2)10-15(11-17)18-16(19)8-9-20-12-14-6-4-3-5-7-14/h3-7,13,15H,8-12,17H2,1-2H3,(H,18,19). The molecule has 0 saturated heterocycles. The molecule has 0 radical (unpaired) electrons. The van der Waals surface area contributed by atoms with E-state index in [0.717, 1.165) is 12.0 Å². The minimum absolute atomic E-state index is 0.00848. The highest BCUT2D eigenvalue weighted by Crippen LogP contribution is 2.04. The average molecular weight is 278 g/mol. The minimum atomic E-state index is 0.00848. The number of hydrogen-bond donors (Lipinski definition) is 2. The molecule has 1 unspecified atom stereocenters. The third kappa shape index (κ3) is 7.26. The number of nitrogens with two attached hydrogens (primary N) is 1. The summed E-state index contributed by atoms with van der Waals surface area (Å²) in [4.78, 5) is 11.8. The third-order valence-corrected chi connectivity index (χ3v) is 2.99. The van der Waals surface area contributed by atoms with Gasteiger partial charge in [-0.05, 0) is 17.9 Å². The molecule has 3 N–H and O–H groups in total. The van der Waals surface area contributed by atoms with Crippen LogP contribution >= 0.6 is 0 Å². The first-order chi connectivity index (χ1) is 9.61. The first-order valence-electron chi connectivity index (χ1n) is 7.23. The van der Waals surface area contributed by atoms with Crippen LogP contribution in [-0.4, -0.2) is 25.1 Å². The van der Waals surface area contributed by atoms with E-state index >= 15 is 0 Å². The average Bonchev–Trinajstić information content (AvgIpc) is 2.43. The molecular weight excluding hydrogens is 252 g/mol. The Bertz CT molecular complexity index is 379. The highest BCUT2D eigenvalue weighted by Gasteiger charge is 2.12. The Morgan fingerprint density at radius 3 is 2.60 bits per heavy atom. The molecule has 0 aliphatic carbocycles. The SMILES string of the molecule is CC(C)CC(CN)NC(=O)CCOCc1ccccc1. The molecule has 1 amide bonds. The first-order valence-corrected chi connectivity index (χ1v) is 7.23. The van der Waals surface area contributed by atoms with Gasteiger partial charge in [-0.25, -0.2) is 0 Å². The number of benzene rings is 1. The normalized spacial score (nSPS) is 12.4. The van der Waals surface area contributed by atoms with Crippen LogP contribution in [0.15, 0.2) is 30.3 Å². The minimum Gasteiger partial charge on any atom is -0.376 e. The van der Waals surface area contributed by atoms with E-state index in [9.17, 15) is 4.79 Å². The van der Waals surface area contributed by atoms with Gasteiger partial charge in [-0.15, -0.1) is 0 Å². The van der Waals surface area contributed by atoms with Crippen molar-refractivity contribution in [2.24, 2.45) is 11.7 Å². The summed E-state index contributed by atoms with van der Waals surface area (Å²) in [6, 6.07) is 10.0. The van der Waals surface area contributed by atoms with Gasteiger partial charge < -0.3 is 15.8 Å². The van der Waals surface area contributed by atoms with Crippen LogP contribution in [-0.2, 0) is 16.1 Å². The van der Waals surface area contributed by atoms with Gasteiger partial charge in [0.25, 0.3) is 0 Å². The quantitative estimate of drug-likeness (QED) is 0.680. The van der Waals surface area contributed by atoms with E-state index in [-0.39, 0.29) is 11.9 Å². The molecule has 0 aromatic heterocycles. The van der Waals surface area contributed by atoms with Crippen molar-refractivity contribution in [2.45, 2.75) is 39.3 Å². The lowest BCUT2D eigenvalue weighted by molar-refractivity contribution is -0.123. The van der Waals surface area contributed by atoms with Crippen molar-refractivity contribution in [1.82, 2.24) is 5.32 Å². The fourth-order valence-electron chi connectivity index (χ4n) is 2.01. The molecule has 0 spiro atoms. The molecule has 0 aliphatic rings. The number of carbonyl (C=O) groups excluding carboxylic acids is 1. The number of nitrogens with one attached hydrogen (secondary N) is 1. The molecule has 1 rings (SSSR count). The van der Waals surface area contributed by atoms with E-state index in [4.69, 9.17) is 10.5 Å². The lowest BCUT2D eigenvalue weighted by atomic mass is 10.0. The van der Waals surface area contributed by atoms with Crippen LogP contribution in [0.25, 0.3) is 0 Å². The molecule has 0 aliphatic heterocycles. The van der Waals surface area contributed by atoms with E-state index in [0.29, 0.717) is 32.1 Å². The summed E-state index contributed by atoms with van der Waals surface area (Å²) in [6.07, 6.45) is 1.29. The number of rotatable bonds is 9. The third-order valence-electron chi connectivity index (χ3n) is 2.99. The molecule has 1 atom stereocenters. The first kappa shape index (κ1) is 16.7. The van der Waals surface area contributed by atoms with Crippen molar-refractivity contribution in [3.05, 3.63) is 35.9 Å². The molecule has 0 heterocycles. The van der Waals surface area contributed by atoms with Gasteiger partial charge in [0.1, 0.15) is 0 Å². The van der Waals surface area contributed by atoms with Gasteiger partial charge >= 0.3 is 0 Å². The Kier molecular flexibility index (Phi) is 7.92. The van der Waals surface area contributed by atoms with Crippen LogP contribution in [0, 0.1) is 5.92 Å². The van der Waals surface area contributed by atoms with Crippen LogP contribution in [0.2, 0.25) is 0 Å². The number of carbonyl (C=O) groups is 1. The molecule has 4 nitrogen and oxygen atoms in total. The van der Waals surface area contributed by atoms with Crippen molar-refractivity contribution in [3.8, 4) is 0 Å². The van der Waals surface area contributed by atoms with E-state index < -0.39 is 0 Å². The maximum atomic E-state index is 11.8. The van der Waals surface area contributed by atoms with Crippen molar-refractivity contribution >= 4 is 5.91 Å². The van der Waals surface area contributed by atoms with Gasteiger partial charge in [-0.1, -0.05) is 44.2 Å². The Hall–Kier alpha value is -1.39. The second-order valence-electron chi connectivity index (χ2n) is 5.42. The van der Waals surface area contributed by atoms with Crippen molar-refractivity contribution in [2.75, 3.05) is 13.2 Å². The molecule has 1 aromatic carbocycles. The van der Waals surface area contributed by atoms with Crippen LogP contribution in [0.1, 0.15) is 32.3 Å². The van der Waals surface area contributed by atoms with Gasteiger partial charge in [0.2, 0.25) is 5.91 Å². The summed E-state index contributed by atoms with van der Waals surface area (Å²) in [7, 11) is 0. The molecule has 20 heavy (non-hydrogen) atoms. The van der Waals surface area contributed by atoms with E-state index in [1.807, 2.05) is 30.3 Å². The fraction of sp³-hybridized carbons (Fsp3) is 0.562. The molecule has 0 saturated carbocycles. The van der Waals surface area contributed by atoms with Gasteiger partial charge in [0.15, 0.2) is 0 Å². The summed E-state index contributed by atoms with van der Waals surface area (Å²) in [5, 5.41) is 2.95. The van der Waals surface area contributed by atoms with Gasteiger partial charge in [-0.3, -0.25) is 4.79 Å². The maximum Gasteiger partial charge on any atom is 0.222 e. The summed E-state index contributed by atoms with van der Waals surface area (Å²) < 4.78 is 5.49. The summed E-state index contributed by atoms with van der Waals surface area (Å²) in [5.74, 6) is 0.535. The van der Waals surface area contributed by atoms with Gasteiger partial charge in [0, 0.05) is 19.0 Å². The Morgan fingerprint density at radius 2 is 2.00 bits per heavy atom. The molecule has 1 aromatic rings. The molecular formula is C16H26N2O2. The predicted molar refractivity (Wildman–Crippen MR) is 81.2 cm³/mol. The topological polar surface area (TPSA) is 64.3 Å². The largest absolute Gasteiger partial charge is 0.376 e. The van der Waals surface area contributed by atoms with Crippen LogP contribution in [0.5, 0.6) is 0 Å². The lowest BCUT2D eigenvalue weighted by Crippen LogP contribution is -2.41. The second kappa shape index (κ2) is 9.50. The molecule has 4 heteroatoms. The van der Waals surface area contributed by atoms with E-state index in [1.165, 1.54) is 0 Å². The zero-order chi connectivity index (χ0) is 14.8. The second-order valence-corrected chi connectivity index (χ2v) is 5.42. The van der Waals surface area contributed by atoms with Crippen LogP contribution < -0.4 is 11.1 Å². The molecule has 112 valence electrons. The summed E-state index contributed by atoms with van der Waals surface area (Å²) in [5.41, 5.74) is 6.77. The highest BCUT2D eigenvalue weighted by atomic mass is 16.5. The Balaban J connectivity index is 2.16. The molecule has 0 bridgehead atoms. The maximum absolute atomic E-state index is 11.8. The number of hydrogen-bond acceptors (Lipinski definition) is 3. The van der Waals surface area contributed by atoms with E-state index in [2.05, 4.69) is 19.2 Å². The lowest BCUT2D eigenvalue weighted by Gasteiger charge is -2.18. The van der Waals surface area contributed by atoms with Crippen molar-refractivity contribution in [3.63, 3.8) is 0 Å². The number of amides is 1. The van der Waals surface area contributed by atoms with E-state index in [1.54, 1.807) is 0 Å². The number of ether oxygens (including phenoxy) is 1. The van der Waals surface area contributed by atoms with Gasteiger partial charge in [0.05, 0.1) is 13.2 Å². The molecule has 0 fully saturated rings. The Morgan fingerprint density at radius 1 is 1.30 bits per heavy atom. The summed E-state index contributed by atoms with van der Waals surface area (Å²) in [6.45, 7) is 5.70. The predicted octanol–water partition coefficient (Wildman–Crippen LogP) is 2.08. The highest BCUT2D eigenvalue weighted by molar-refractivity contribution is 5.76. The summed E-state index contributed by atoms with van der Waals surface area (Å²) >= 11 is 0. The van der Waals surface area contributed by atoms with Gasteiger partial charge in [-0.2, -0.15) is 0 Å². The van der Waals surface area contributed by atoms with Crippen molar-refractivity contribution < 1.29 is 9.53 Å². The fourth-order valence-corrected chi connectivity index (χ4v) is 2.01. The smallest absolute Gasteiger partial charge is 0.222 e. The van der Waals surface area contributed by atoms with Crippen molar-refractivity contribution in [1.29, 1.82) is 0 Å². The monoisotopic (exact) mass is 278 g/mol. The van der Waals surface area contributed by atoms with Crippen LogP contribution in [0.3, 0.4) is 0 Å². The zero-order valence-electron chi connectivity index (χ0n) is 12.5. The van der Waals surface area contributed by atoms with Crippen LogP contribution in [0.4, 0.5) is 0 Å². The zero-order valence-corrected chi connectivity index (χ0v) is 12.5. The Labute approximate surface area is 121 Å².